The number of aryl methyl sites for hydroxylation is 1. The molecule has 0 heterocycles. The number of carbonyl (C=O) groups excluding carboxylic acids is 1. The molecule has 0 fully saturated rings. The second-order valence-electron chi connectivity index (χ2n) is 11.6. The van der Waals surface area contributed by atoms with Crippen molar-refractivity contribution in [1.29, 1.82) is 0 Å². The number of ether oxygens (including phenoxy) is 2. The lowest BCUT2D eigenvalue weighted by Crippen LogP contribution is -2.44. The third-order valence-electron chi connectivity index (χ3n) is 7.19. The molecule has 2 rings (SSSR count). The summed E-state index contributed by atoms with van der Waals surface area (Å²) >= 11 is 0. The number of hydrogen-bond donors (Lipinski definition) is 0. The van der Waals surface area contributed by atoms with Gasteiger partial charge in [0.1, 0.15) is 18.2 Å². The number of benzene rings is 2. The van der Waals surface area contributed by atoms with Crippen LogP contribution in [0.3, 0.4) is 0 Å². The van der Waals surface area contributed by atoms with Crippen molar-refractivity contribution in [3.8, 4) is 5.75 Å². The molecule has 0 saturated carbocycles. The number of para-hydroxylation sites is 1. The summed E-state index contributed by atoms with van der Waals surface area (Å²) in [4.78, 5) is 12.6. The molecular formula is C34H54NO3+. The van der Waals surface area contributed by atoms with Gasteiger partial charge in [-0.2, -0.15) is 0 Å². The van der Waals surface area contributed by atoms with E-state index >= 15 is 0 Å². The zero-order valence-electron chi connectivity index (χ0n) is 24.8. The van der Waals surface area contributed by atoms with Crippen LogP contribution in [0.5, 0.6) is 5.75 Å². The van der Waals surface area contributed by atoms with Gasteiger partial charge in [0.2, 0.25) is 0 Å². The Bertz CT molecular complexity index is 880. The Hall–Kier alpha value is -2.33. The number of esters is 1. The summed E-state index contributed by atoms with van der Waals surface area (Å²) in [6.45, 7) is 6.84. The maximum atomic E-state index is 12.6. The third-order valence-corrected chi connectivity index (χ3v) is 7.19. The number of carbonyl (C=O) groups is 1. The molecule has 2 aromatic rings. The van der Waals surface area contributed by atoms with Crippen LogP contribution in [0.2, 0.25) is 0 Å². The second kappa shape index (κ2) is 18.8. The van der Waals surface area contributed by atoms with Crippen molar-refractivity contribution in [2.45, 2.75) is 97.4 Å². The fourth-order valence-corrected chi connectivity index (χ4v) is 5.17. The quantitative estimate of drug-likeness (QED) is 0.0934. The molecular weight excluding hydrogens is 470 g/mol. The third kappa shape index (κ3) is 14.0. The largest absolute Gasteiger partial charge is 0.493 e. The predicted molar refractivity (Wildman–Crippen MR) is 159 cm³/mol. The first-order valence-electron chi connectivity index (χ1n) is 15.1. The summed E-state index contributed by atoms with van der Waals surface area (Å²) in [5, 5.41) is 0. The predicted octanol–water partition coefficient (Wildman–Crippen LogP) is 8.37. The van der Waals surface area contributed by atoms with Gasteiger partial charge in [0.25, 0.3) is 0 Å². The van der Waals surface area contributed by atoms with E-state index in [2.05, 4.69) is 63.5 Å². The highest BCUT2D eigenvalue weighted by molar-refractivity contribution is 5.72. The van der Waals surface area contributed by atoms with Crippen LogP contribution in [0.1, 0.15) is 95.6 Å². The van der Waals surface area contributed by atoms with E-state index in [1.165, 1.54) is 75.3 Å². The lowest BCUT2D eigenvalue weighted by molar-refractivity contribution is -0.905. The van der Waals surface area contributed by atoms with E-state index in [9.17, 15) is 4.79 Å². The van der Waals surface area contributed by atoms with E-state index in [0.717, 1.165) is 29.7 Å². The van der Waals surface area contributed by atoms with Crippen molar-refractivity contribution in [2.24, 2.45) is 5.92 Å². The van der Waals surface area contributed by atoms with E-state index in [1.54, 1.807) is 0 Å². The molecule has 0 aliphatic rings. The second-order valence-corrected chi connectivity index (χ2v) is 11.6. The summed E-state index contributed by atoms with van der Waals surface area (Å²) in [5.41, 5.74) is 2.57. The van der Waals surface area contributed by atoms with Gasteiger partial charge in [0.05, 0.1) is 33.9 Å². The molecule has 4 heteroatoms. The van der Waals surface area contributed by atoms with Gasteiger partial charge >= 0.3 is 5.97 Å². The fourth-order valence-electron chi connectivity index (χ4n) is 5.17. The van der Waals surface area contributed by atoms with Gasteiger partial charge in [-0.15, -0.1) is 0 Å². The molecule has 0 aliphatic heterocycles. The van der Waals surface area contributed by atoms with Crippen LogP contribution >= 0.6 is 0 Å². The minimum Gasteiger partial charge on any atom is -0.493 e. The van der Waals surface area contributed by atoms with Gasteiger partial charge in [0, 0.05) is 12.0 Å². The Kier molecular flexibility index (Phi) is 15.8. The minimum atomic E-state index is -0.142. The number of quaternary nitrogens is 1. The molecule has 0 aliphatic carbocycles. The van der Waals surface area contributed by atoms with Crippen LogP contribution in [-0.2, 0) is 22.5 Å². The summed E-state index contributed by atoms with van der Waals surface area (Å²) < 4.78 is 12.4. The molecule has 0 aromatic heterocycles. The molecule has 38 heavy (non-hydrogen) atoms. The van der Waals surface area contributed by atoms with Crippen LogP contribution in [0.15, 0.2) is 54.6 Å². The zero-order valence-corrected chi connectivity index (χ0v) is 24.8. The lowest BCUT2D eigenvalue weighted by Gasteiger charge is -2.31. The normalized spacial score (nSPS) is 12.3. The summed E-state index contributed by atoms with van der Waals surface area (Å²) in [7, 11) is 4.33. The molecule has 0 N–H and O–H groups in total. The minimum absolute atomic E-state index is 0.120. The van der Waals surface area contributed by atoms with Gasteiger partial charge in [-0.1, -0.05) is 113 Å². The highest BCUT2D eigenvalue weighted by Gasteiger charge is 2.25. The SMILES string of the molecule is CCCCCCCCCCCCc1ccccc1OCCCOC(=O)C(C)C[N+](C)(C)Cc1ccccc1. The van der Waals surface area contributed by atoms with E-state index in [1.807, 2.05) is 19.1 Å². The summed E-state index contributed by atoms with van der Waals surface area (Å²) in [6, 6.07) is 18.8. The molecule has 212 valence electrons. The first-order valence-corrected chi connectivity index (χ1v) is 15.1. The molecule has 0 spiro atoms. The molecule has 1 atom stereocenters. The molecule has 2 aromatic carbocycles. The Morgan fingerprint density at radius 2 is 1.37 bits per heavy atom. The first kappa shape index (κ1) is 31.9. The van der Waals surface area contributed by atoms with Crippen molar-refractivity contribution < 1.29 is 18.8 Å². The van der Waals surface area contributed by atoms with Crippen molar-refractivity contribution in [2.75, 3.05) is 33.9 Å². The van der Waals surface area contributed by atoms with E-state index in [-0.39, 0.29) is 11.9 Å². The highest BCUT2D eigenvalue weighted by Crippen LogP contribution is 2.21. The van der Waals surface area contributed by atoms with Crippen LogP contribution in [-0.4, -0.2) is 44.3 Å². The molecule has 0 bridgehead atoms. The summed E-state index contributed by atoms with van der Waals surface area (Å²) in [5.74, 6) is 0.713. The maximum Gasteiger partial charge on any atom is 0.314 e. The number of unbranched alkanes of at least 4 members (excludes halogenated alkanes) is 9. The molecule has 0 saturated heterocycles. The topological polar surface area (TPSA) is 35.5 Å². The van der Waals surface area contributed by atoms with Gasteiger partial charge in [-0.25, -0.2) is 0 Å². The first-order chi connectivity index (χ1) is 18.4. The fraction of sp³-hybridized carbons (Fsp3) is 0.618. The van der Waals surface area contributed by atoms with Crippen molar-refractivity contribution in [3.05, 3.63) is 65.7 Å². The molecule has 1 unspecified atom stereocenters. The van der Waals surface area contributed by atoms with Crippen LogP contribution < -0.4 is 4.74 Å². The standard InChI is InChI=1S/C34H54NO3/c1-5-6-7-8-9-10-11-12-13-17-23-32-24-18-19-25-33(32)37-26-20-27-38-34(36)30(2)28-35(3,4)29-31-21-15-14-16-22-31/h14-16,18-19,21-22,24-25,30H,5-13,17,20,23,26-29H2,1-4H3/q+1. The summed E-state index contributed by atoms with van der Waals surface area (Å²) in [6.07, 6.45) is 15.3. The van der Waals surface area contributed by atoms with Crippen molar-refractivity contribution in [3.63, 3.8) is 0 Å². The number of rotatable bonds is 21. The Morgan fingerprint density at radius 3 is 2.05 bits per heavy atom. The van der Waals surface area contributed by atoms with E-state index < -0.39 is 0 Å². The molecule has 0 radical (unpaired) electrons. The van der Waals surface area contributed by atoms with Crippen LogP contribution in [0, 0.1) is 5.92 Å². The van der Waals surface area contributed by atoms with E-state index in [4.69, 9.17) is 9.47 Å². The van der Waals surface area contributed by atoms with Crippen molar-refractivity contribution in [1.82, 2.24) is 0 Å². The zero-order chi connectivity index (χ0) is 27.5. The van der Waals surface area contributed by atoms with Gasteiger partial charge < -0.3 is 14.0 Å². The molecule has 0 amide bonds. The highest BCUT2D eigenvalue weighted by atomic mass is 16.5. The number of nitrogens with zero attached hydrogens (tertiary/aromatic N) is 1. The Morgan fingerprint density at radius 1 is 0.763 bits per heavy atom. The van der Waals surface area contributed by atoms with Gasteiger partial charge in [-0.3, -0.25) is 4.79 Å². The Balaban J connectivity index is 1.59. The van der Waals surface area contributed by atoms with Gasteiger partial charge in [0.15, 0.2) is 0 Å². The maximum absolute atomic E-state index is 12.6. The van der Waals surface area contributed by atoms with E-state index in [0.29, 0.717) is 19.6 Å². The smallest absolute Gasteiger partial charge is 0.314 e. The lowest BCUT2D eigenvalue weighted by atomic mass is 10.0. The Labute approximate surface area is 233 Å². The monoisotopic (exact) mass is 524 g/mol. The number of hydrogen-bond acceptors (Lipinski definition) is 3. The van der Waals surface area contributed by atoms with Crippen LogP contribution in [0.4, 0.5) is 0 Å². The van der Waals surface area contributed by atoms with Gasteiger partial charge in [-0.05, 0) is 31.4 Å². The average Bonchev–Trinajstić information content (AvgIpc) is 2.90. The molecule has 4 nitrogen and oxygen atoms in total. The average molecular weight is 525 g/mol. The van der Waals surface area contributed by atoms with Crippen LogP contribution in [0.25, 0.3) is 0 Å². The van der Waals surface area contributed by atoms with Crippen molar-refractivity contribution >= 4 is 5.97 Å².